The molecule has 0 amide bonds. The van der Waals surface area contributed by atoms with Crippen LogP contribution in [0.1, 0.15) is 18.7 Å². The Morgan fingerprint density at radius 3 is 2.72 bits per heavy atom. The summed E-state index contributed by atoms with van der Waals surface area (Å²) in [6.45, 7) is 1.94. The van der Waals surface area contributed by atoms with Crippen LogP contribution in [0.25, 0.3) is 16.9 Å². The Hall–Kier alpha value is -2.18. The van der Waals surface area contributed by atoms with Crippen molar-refractivity contribution in [3.63, 3.8) is 0 Å². The van der Waals surface area contributed by atoms with E-state index in [2.05, 4.69) is 33.9 Å². The molecule has 25 heavy (non-hydrogen) atoms. The number of hydrogen-bond acceptors (Lipinski definition) is 5. The molecule has 1 fully saturated rings. The maximum atomic E-state index is 6.37. The number of hydrogen-bond donors (Lipinski definition) is 0. The second-order valence-corrected chi connectivity index (χ2v) is 7.04. The van der Waals surface area contributed by atoms with Gasteiger partial charge >= 0.3 is 6.01 Å². The summed E-state index contributed by atoms with van der Waals surface area (Å²) in [7, 11) is 4.18. The van der Waals surface area contributed by atoms with Crippen LogP contribution in [0.15, 0.2) is 30.5 Å². The van der Waals surface area contributed by atoms with Gasteiger partial charge in [-0.25, -0.2) is 9.97 Å². The number of fused-ring (bicyclic) bond motifs is 1. The van der Waals surface area contributed by atoms with Gasteiger partial charge in [0.15, 0.2) is 5.82 Å². The van der Waals surface area contributed by atoms with Crippen molar-refractivity contribution in [1.82, 2.24) is 24.4 Å². The van der Waals surface area contributed by atoms with Gasteiger partial charge in [0.05, 0.1) is 17.2 Å². The van der Waals surface area contributed by atoms with Crippen molar-refractivity contribution in [2.75, 3.05) is 14.1 Å². The molecular formula is C18H20ClN5O. The van der Waals surface area contributed by atoms with Gasteiger partial charge in [-0.05, 0) is 33.2 Å². The summed E-state index contributed by atoms with van der Waals surface area (Å²) in [6, 6.07) is 8.84. The summed E-state index contributed by atoms with van der Waals surface area (Å²) < 4.78 is 7.88. The highest BCUT2D eigenvalue weighted by Gasteiger charge is 2.33. The van der Waals surface area contributed by atoms with Gasteiger partial charge in [-0.2, -0.15) is 4.98 Å². The van der Waals surface area contributed by atoms with E-state index in [-0.39, 0.29) is 6.10 Å². The average molecular weight is 358 g/mol. The van der Waals surface area contributed by atoms with Gasteiger partial charge in [0, 0.05) is 18.9 Å². The Kier molecular flexibility index (Phi) is 4.09. The second kappa shape index (κ2) is 6.28. The number of halogens is 1. The van der Waals surface area contributed by atoms with E-state index < -0.39 is 0 Å². The van der Waals surface area contributed by atoms with Crippen LogP contribution in [0.4, 0.5) is 0 Å². The van der Waals surface area contributed by atoms with Crippen molar-refractivity contribution >= 4 is 22.6 Å². The monoisotopic (exact) mass is 357 g/mol. The summed E-state index contributed by atoms with van der Waals surface area (Å²) in [5.74, 6) is 1.42. The van der Waals surface area contributed by atoms with Crippen LogP contribution in [-0.2, 0) is 0 Å². The molecule has 1 aliphatic rings. The van der Waals surface area contributed by atoms with E-state index in [9.17, 15) is 0 Å². The van der Waals surface area contributed by atoms with Crippen LogP contribution in [0, 0.1) is 6.92 Å². The molecule has 2 heterocycles. The van der Waals surface area contributed by atoms with E-state index in [0.717, 1.165) is 29.7 Å². The van der Waals surface area contributed by atoms with Gasteiger partial charge in [0.1, 0.15) is 17.0 Å². The van der Waals surface area contributed by atoms with Gasteiger partial charge in [-0.1, -0.05) is 23.7 Å². The maximum absolute atomic E-state index is 6.37. The van der Waals surface area contributed by atoms with Crippen molar-refractivity contribution in [2.24, 2.45) is 0 Å². The molecule has 1 saturated carbocycles. The zero-order chi connectivity index (χ0) is 17.6. The highest BCUT2D eigenvalue weighted by molar-refractivity contribution is 6.32. The van der Waals surface area contributed by atoms with Crippen molar-refractivity contribution in [1.29, 1.82) is 0 Å². The third-order valence-electron chi connectivity index (χ3n) is 4.72. The van der Waals surface area contributed by atoms with E-state index >= 15 is 0 Å². The number of aromatic nitrogens is 4. The first kappa shape index (κ1) is 16.3. The predicted octanol–water partition coefficient (Wildman–Crippen LogP) is 3.25. The SMILES string of the molecule is Cc1nc2ccccc2n1-c1nc(OC2CC(N(C)C)C2)ncc1Cl. The maximum Gasteiger partial charge on any atom is 0.318 e. The van der Waals surface area contributed by atoms with E-state index in [0.29, 0.717) is 22.9 Å². The number of imidazole rings is 1. The topological polar surface area (TPSA) is 56.1 Å². The van der Waals surface area contributed by atoms with Crippen LogP contribution in [0.5, 0.6) is 6.01 Å². The Balaban J connectivity index is 1.65. The zero-order valence-corrected chi connectivity index (χ0v) is 15.2. The quantitative estimate of drug-likeness (QED) is 0.717. The molecule has 0 bridgehead atoms. The van der Waals surface area contributed by atoms with E-state index in [1.807, 2.05) is 35.8 Å². The summed E-state index contributed by atoms with van der Waals surface area (Å²) in [5.41, 5.74) is 1.87. The molecule has 4 rings (SSSR count). The molecule has 130 valence electrons. The molecule has 1 aromatic carbocycles. The zero-order valence-electron chi connectivity index (χ0n) is 14.5. The van der Waals surface area contributed by atoms with Gasteiger partial charge in [-0.15, -0.1) is 0 Å². The minimum Gasteiger partial charge on any atom is -0.460 e. The lowest BCUT2D eigenvalue weighted by molar-refractivity contribution is 0.0336. The number of ether oxygens (including phenoxy) is 1. The Bertz CT molecular complexity index is 917. The highest BCUT2D eigenvalue weighted by Crippen LogP contribution is 2.29. The fourth-order valence-electron chi connectivity index (χ4n) is 3.17. The molecule has 0 atom stereocenters. The summed E-state index contributed by atoms with van der Waals surface area (Å²) in [5, 5.41) is 0.471. The molecule has 0 radical (unpaired) electrons. The Labute approximate surface area is 151 Å². The van der Waals surface area contributed by atoms with Crippen molar-refractivity contribution in [3.8, 4) is 11.8 Å². The first-order chi connectivity index (χ1) is 12.0. The second-order valence-electron chi connectivity index (χ2n) is 6.64. The lowest BCUT2D eigenvalue weighted by atomic mass is 9.88. The largest absolute Gasteiger partial charge is 0.460 e. The molecule has 0 saturated heterocycles. The number of benzene rings is 1. The smallest absolute Gasteiger partial charge is 0.318 e. The Morgan fingerprint density at radius 2 is 1.96 bits per heavy atom. The Morgan fingerprint density at radius 1 is 1.20 bits per heavy atom. The molecule has 0 aliphatic heterocycles. The van der Waals surface area contributed by atoms with Crippen molar-refractivity contribution in [2.45, 2.75) is 31.9 Å². The summed E-state index contributed by atoms with van der Waals surface area (Å²) in [6.07, 6.45) is 3.72. The van der Waals surface area contributed by atoms with E-state index in [4.69, 9.17) is 16.3 Å². The average Bonchev–Trinajstić information content (AvgIpc) is 2.87. The molecular weight excluding hydrogens is 338 g/mol. The van der Waals surface area contributed by atoms with Crippen LogP contribution in [0.3, 0.4) is 0 Å². The molecule has 2 aromatic heterocycles. The van der Waals surface area contributed by atoms with Gasteiger partial charge in [-0.3, -0.25) is 4.57 Å². The molecule has 7 heteroatoms. The van der Waals surface area contributed by atoms with Crippen LogP contribution < -0.4 is 4.74 Å². The third kappa shape index (κ3) is 2.96. The van der Waals surface area contributed by atoms with Gasteiger partial charge in [0.2, 0.25) is 0 Å². The number of aryl methyl sites for hydroxylation is 1. The first-order valence-electron chi connectivity index (χ1n) is 8.33. The molecule has 1 aliphatic carbocycles. The third-order valence-corrected chi connectivity index (χ3v) is 4.98. The standard InChI is InChI=1S/C18H20ClN5O/c1-11-21-15-6-4-5-7-16(15)24(11)17-14(19)10-20-18(22-17)25-13-8-12(9-13)23(2)3/h4-7,10,12-13H,8-9H2,1-3H3. The lowest BCUT2D eigenvalue weighted by Gasteiger charge is -2.38. The number of rotatable bonds is 4. The van der Waals surface area contributed by atoms with E-state index in [1.165, 1.54) is 0 Å². The molecule has 0 unspecified atom stereocenters. The van der Waals surface area contributed by atoms with Crippen LogP contribution in [0.2, 0.25) is 5.02 Å². The predicted molar refractivity (Wildman–Crippen MR) is 97.5 cm³/mol. The highest BCUT2D eigenvalue weighted by atomic mass is 35.5. The minimum absolute atomic E-state index is 0.155. The van der Waals surface area contributed by atoms with Crippen molar-refractivity contribution in [3.05, 3.63) is 41.3 Å². The van der Waals surface area contributed by atoms with Crippen molar-refractivity contribution < 1.29 is 4.74 Å². The summed E-state index contributed by atoms with van der Waals surface area (Å²) >= 11 is 6.37. The number of para-hydroxylation sites is 2. The fraction of sp³-hybridized carbons (Fsp3) is 0.389. The molecule has 3 aromatic rings. The summed E-state index contributed by atoms with van der Waals surface area (Å²) in [4.78, 5) is 15.6. The van der Waals surface area contributed by atoms with Gasteiger partial charge < -0.3 is 9.64 Å². The van der Waals surface area contributed by atoms with E-state index in [1.54, 1.807) is 6.20 Å². The first-order valence-corrected chi connectivity index (χ1v) is 8.71. The molecule has 0 spiro atoms. The minimum atomic E-state index is 0.155. The normalized spacial score (nSPS) is 20.0. The van der Waals surface area contributed by atoms with Crippen LogP contribution >= 0.6 is 11.6 Å². The van der Waals surface area contributed by atoms with Crippen LogP contribution in [-0.4, -0.2) is 50.7 Å². The number of nitrogens with zero attached hydrogens (tertiary/aromatic N) is 5. The van der Waals surface area contributed by atoms with Gasteiger partial charge in [0.25, 0.3) is 0 Å². The fourth-order valence-corrected chi connectivity index (χ4v) is 3.35. The molecule has 0 N–H and O–H groups in total. The molecule has 6 nitrogen and oxygen atoms in total. The lowest BCUT2D eigenvalue weighted by Crippen LogP contribution is -2.46.